The summed E-state index contributed by atoms with van der Waals surface area (Å²) in [6.07, 6.45) is 10.7. The lowest BCUT2D eigenvalue weighted by atomic mass is 9.99. The number of hydrogen-bond acceptors (Lipinski definition) is 4. The van der Waals surface area contributed by atoms with E-state index in [1.165, 1.54) is 23.3 Å². The first-order valence-electron chi connectivity index (χ1n) is 8.34. The van der Waals surface area contributed by atoms with Gasteiger partial charge in [0.1, 0.15) is 0 Å². The summed E-state index contributed by atoms with van der Waals surface area (Å²) in [5, 5.41) is 5.52. The number of carbonyl (C=O) groups excluding carboxylic acids is 2. The molecule has 0 atom stereocenters. The van der Waals surface area contributed by atoms with E-state index >= 15 is 0 Å². The van der Waals surface area contributed by atoms with Gasteiger partial charge in [0.25, 0.3) is 5.91 Å². The Balaban J connectivity index is 1.36. The number of fused-ring (bicyclic) bond motifs is 1. The van der Waals surface area contributed by atoms with E-state index in [1.807, 2.05) is 16.8 Å². The fourth-order valence-corrected chi connectivity index (χ4v) is 3.99. The lowest BCUT2D eigenvalue weighted by Gasteiger charge is -2.08. The van der Waals surface area contributed by atoms with Crippen LogP contribution in [-0.2, 0) is 24.2 Å². The summed E-state index contributed by atoms with van der Waals surface area (Å²) in [5.74, 6) is -0.307. The molecule has 0 bridgehead atoms. The molecule has 2 aromatic rings. The van der Waals surface area contributed by atoms with Crippen LogP contribution in [0, 0.1) is 0 Å². The van der Waals surface area contributed by atoms with Crippen molar-refractivity contribution in [2.75, 3.05) is 13.1 Å². The van der Waals surface area contributed by atoms with E-state index in [4.69, 9.17) is 0 Å². The molecule has 128 valence electrons. The van der Waals surface area contributed by atoms with Crippen LogP contribution in [0.25, 0.3) is 0 Å². The Morgan fingerprint density at radius 2 is 2.12 bits per heavy atom. The van der Waals surface area contributed by atoms with Crippen LogP contribution in [0.15, 0.2) is 24.8 Å². The van der Waals surface area contributed by atoms with Crippen LogP contribution in [-0.4, -0.2) is 34.5 Å². The van der Waals surface area contributed by atoms with E-state index in [2.05, 4.69) is 15.6 Å². The van der Waals surface area contributed by atoms with Gasteiger partial charge in [-0.2, -0.15) is 0 Å². The number of imidazole rings is 1. The SMILES string of the molecule is O=C(CNC(=O)c1cc2c(s1)CCCC2)NCCCn1ccnc1. The molecule has 2 amide bonds. The second kappa shape index (κ2) is 8.10. The fraction of sp³-hybridized carbons (Fsp3) is 0.471. The Bertz CT molecular complexity index is 670. The minimum absolute atomic E-state index is 0.0203. The zero-order valence-corrected chi connectivity index (χ0v) is 14.4. The summed E-state index contributed by atoms with van der Waals surface area (Å²) in [6, 6.07) is 1.98. The molecule has 1 aliphatic carbocycles. The molecule has 24 heavy (non-hydrogen) atoms. The summed E-state index contributed by atoms with van der Waals surface area (Å²) >= 11 is 1.56. The summed E-state index contributed by atoms with van der Waals surface area (Å²) in [6.45, 7) is 1.42. The number of amides is 2. The van der Waals surface area contributed by atoms with Crippen molar-refractivity contribution >= 4 is 23.2 Å². The first-order valence-corrected chi connectivity index (χ1v) is 9.16. The maximum Gasteiger partial charge on any atom is 0.261 e. The lowest BCUT2D eigenvalue weighted by Crippen LogP contribution is -2.37. The van der Waals surface area contributed by atoms with Crippen LogP contribution in [0.3, 0.4) is 0 Å². The molecule has 6 nitrogen and oxygen atoms in total. The number of aromatic nitrogens is 2. The summed E-state index contributed by atoms with van der Waals surface area (Å²) < 4.78 is 1.96. The predicted molar refractivity (Wildman–Crippen MR) is 93.1 cm³/mol. The molecule has 7 heteroatoms. The van der Waals surface area contributed by atoms with Gasteiger partial charge in [-0.3, -0.25) is 9.59 Å². The predicted octanol–water partition coefficient (Wildman–Crippen LogP) is 1.76. The quantitative estimate of drug-likeness (QED) is 0.750. The van der Waals surface area contributed by atoms with Crippen molar-refractivity contribution in [2.24, 2.45) is 0 Å². The molecule has 3 rings (SSSR count). The minimum Gasteiger partial charge on any atom is -0.355 e. The highest BCUT2D eigenvalue weighted by molar-refractivity contribution is 7.14. The van der Waals surface area contributed by atoms with E-state index in [0.29, 0.717) is 6.54 Å². The van der Waals surface area contributed by atoms with Gasteiger partial charge in [0.05, 0.1) is 17.7 Å². The smallest absolute Gasteiger partial charge is 0.261 e. The molecule has 2 N–H and O–H groups in total. The normalized spacial score (nSPS) is 13.3. The van der Waals surface area contributed by atoms with Crippen LogP contribution >= 0.6 is 11.3 Å². The largest absolute Gasteiger partial charge is 0.355 e. The first-order chi connectivity index (χ1) is 11.7. The fourth-order valence-electron chi connectivity index (χ4n) is 2.82. The maximum atomic E-state index is 12.2. The number of hydrogen-bond donors (Lipinski definition) is 2. The topological polar surface area (TPSA) is 76.0 Å². The third-order valence-electron chi connectivity index (χ3n) is 4.10. The van der Waals surface area contributed by atoms with Gasteiger partial charge < -0.3 is 15.2 Å². The standard InChI is InChI=1S/C17H22N4O2S/c22-16(19-6-3-8-21-9-7-18-12-21)11-20-17(23)15-10-13-4-1-2-5-14(13)24-15/h7,9-10,12H,1-6,8,11H2,(H,19,22)(H,20,23). The monoisotopic (exact) mass is 346 g/mol. The highest BCUT2D eigenvalue weighted by Crippen LogP contribution is 2.29. The molecular weight excluding hydrogens is 324 g/mol. The average molecular weight is 346 g/mol. The van der Waals surface area contributed by atoms with Crippen molar-refractivity contribution in [3.05, 3.63) is 40.1 Å². The van der Waals surface area contributed by atoms with Gasteiger partial charge in [-0.25, -0.2) is 4.98 Å². The Morgan fingerprint density at radius 3 is 2.92 bits per heavy atom. The second-order valence-corrected chi connectivity index (χ2v) is 7.09. The summed E-state index contributed by atoms with van der Waals surface area (Å²) in [7, 11) is 0. The number of rotatable bonds is 7. The van der Waals surface area contributed by atoms with Crippen LogP contribution in [0.5, 0.6) is 0 Å². The van der Waals surface area contributed by atoms with Gasteiger partial charge in [-0.1, -0.05) is 0 Å². The van der Waals surface area contributed by atoms with E-state index in [9.17, 15) is 9.59 Å². The Kier molecular flexibility index (Phi) is 5.63. The molecule has 0 radical (unpaired) electrons. The number of nitrogens with one attached hydrogen (secondary N) is 2. The van der Waals surface area contributed by atoms with E-state index < -0.39 is 0 Å². The zero-order valence-electron chi connectivity index (χ0n) is 13.6. The van der Waals surface area contributed by atoms with E-state index in [1.54, 1.807) is 23.9 Å². The molecule has 2 aromatic heterocycles. The van der Waals surface area contributed by atoms with Crippen molar-refractivity contribution in [3.8, 4) is 0 Å². The Hall–Kier alpha value is -2.15. The van der Waals surface area contributed by atoms with Crippen LogP contribution in [0.4, 0.5) is 0 Å². The highest BCUT2D eigenvalue weighted by atomic mass is 32.1. The van der Waals surface area contributed by atoms with Crippen molar-refractivity contribution < 1.29 is 9.59 Å². The van der Waals surface area contributed by atoms with Crippen LogP contribution in [0.2, 0.25) is 0 Å². The molecule has 0 spiro atoms. The minimum atomic E-state index is -0.157. The number of thiophene rings is 1. The molecule has 0 aliphatic heterocycles. The van der Waals surface area contributed by atoms with Gasteiger partial charge in [0, 0.05) is 30.4 Å². The molecule has 0 aromatic carbocycles. The first kappa shape index (κ1) is 16.7. The summed E-state index contributed by atoms with van der Waals surface area (Å²) in [4.78, 5) is 30.0. The third-order valence-corrected chi connectivity index (χ3v) is 5.34. The molecule has 0 saturated heterocycles. The molecule has 0 unspecified atom stereocenters. The Labute approximate surface area is 145 Å². The molecule has 2 heterocycles. The number of carbonyl (C=O) groups is 2. The lowest BCUT2D eigenvalue weighted by molar-refractivity contribution is -0.120. The highest BCUT2D eigenvalue weighted by Gasteiger charge is 2.17. The second-order valence-electron chi connectivity index (χ2n) is 5.95. The van der Waals surface area contributed by atoms with Gasteiger partial charge in [0.15, 0.2) is 0 Å². The number of aryl methyl sites for hydroxylation is 3. The van der Waals surface area contributed by atoms with Crippen molar-refractivity contribution in [3.63, 3.8) is 0 Å². The molecular formula is C17H22N4O2S. The Morgan fingerprint density at radius 1 is 1.25 bits per heavy atom. The van der Waals surface area contributed by atoms with Gasteiger partial charge in [-0.05, 0) is 43.7 Å². The number of nitrogens with zero attached hydrogens (tertiary/aromatic N) is 2. The summed E-state index contributed by atoms with van der Waals surface area (Å²) in [5.41, 5.74) is 1.31. The van der Waals surface area contributed by atoms with E-state index in [0.717, 1.165) is 30.7 Å². The molecule has 0 fully saturated rings. The zero-order chi connectivity index (χ0) is 16.8. The van der Waals surface area contributed by atoms with Gasteiger partial charge >= 0.3 is 0 Å². The van der Waals surface area contributed by atoms with Crippen molar-refractivity contribution in [1.29, 1.82) is 0 Å². The maximum absolute atomic E-state index is 12.2. The van der Waals surface area contributed by atoms with Crippen LogP contribution in [0.1, 0.15) is 39.4 Å². The van der Waals surface area contributed by atoms with Crippen molar-refractivity contribution in [2.45, 2.75) is 38.6 Å². The third kappa shape index (κ3) is 4.44. The van der Waals surface area contributed by atoms with E-state index in [-0.39, 0.29) is 18.4 Å². The van der Waals surface area contributed by atoms with Gasteiger partial charge in [-0.15, -0.1) is 11.3 Å². The van der Waals surface area contributed by atoms with Crippen molar-refractivity contribution in [1.82, 2.24) is 20.2 Å². The molecule has 1 aliphatic rings. The molecule has 0 saturated carbocycles. The van der Waals surface area contributed by atoms with Crippen LogP contribution < -0.4 is 10.6 Å². The van der Waals surface area contributed by atoms with Gasteiger partial charge in [0.2, 0.25) is 5.91 Å². The average Bonchev–Trinajstić information content (AvgIpc) is 3.25.